The molecule has 1 saturated heterocycles. The molecule has 1 aromatic heterocycles. The van der Waals surface area contributed by atoms with Gasteiger partial charge in [-0.05, 0) is 39.7 Å². The molecule has 0 aromatic carbocycles. The van der Waals surface area contributed by atoms with Crippen molar-refractivity contribution in [3.63, 3.8) is 0 Å². The molecule has 2 unspecified atom stereocenters. The van der Waals surface area contributed by atoms with Crippen molar-refractivity contribution >= 4 is 0 Å². The minimum atomic E-state index is -0.197. The number of likely N-dealkylation sites (tertiary alicyclic amines) is 1. The van der Waals surface area contributed by atoms with E-state index in [1.54, 1.807) is 0 Å². The van der Waals surface area contributed by atoms with E-state index >= 15 is 0 Å². The molecule has 0 aliphatic carbocycles. The van der Waals surface area contributed by atoms with Crippen LogP contribution in [0.1, 0.15) is 50.7 Å². The smallest absolute Gasteiger partial charge is 0.111 e. The zero-order valence-electron chi connectivity index (χ0n) is 11.3. The molecule has 1 fully saturated rings. The van der Waals surface area contributed by atoms with Crippen LogP contribution in [0.2, 0.25) is 0 Å². The van der Waals surface area contributed by atoms with Crippen LogP contribution in [0, 0.1) is 0 Å². The van der Waals surface area contributed by atoms with Gasteiger partial charge in [0.15, 0.2) is 0 Å². The fourth-order valence-electron chi connectivity index (χ4n) is 3.32. The van der Waals surface area contributed by atoms with Gasteiger partial charge in [0.2, 0.25) is 0 Å². The number of fused-ring (bicyclic) bond motifs is 1. The monoisotopic (exact) mass is 249 g/mol. The molecule has 4 heteroatoms. The van der Waals surface area contributed by atoms with Gasteiger partial charge in [-0.15, -0.1) is 0 Å². The van der Waals surface area contributed by atoms with Gasteiger partial charge in [0.1, 0.15) is 5.82 Å². The van der Waals surface area contributed by atoms with Crippen LogP contribution in [0.4, 0.5) is 0 Å². The summed E-state index contributed by atoms with van der Waals surface area (Å²) >= 11 is 0. The molecular weight excluding hydrogens is 226 g/mol. The quantitative estimate of drug-likeness (QED) is 0.868. The molecule has 1 N–H and O–H groups in total. The molecule has 4 nitrogen and oxygen atoms in total. The standard InChI is InChI=1S/C14H23N3O/c1-10(2)17-6-3-4-13(17)12-9-16-7-5-11(18)8-14(16)15-12/h9-11,13,18H,3-8H2,1-2H3. The van der Waals surface area contributed by atoms with Crippen LogP contribution in [-0.4, -0.2) is 38.2 Å². The van der Waals surface area contributed by atoms with E-state index in [4.69, 9.17) is 4.98 Å². The summed E-state index contributed by atoms with van der Waals surface area (Å²) in [5.41, 5.74) is 1.21. The molecule has 0 spiro atoms. The van der Waals surface area contributed by atoms with Crippen LogP contribution in [0.5, 0.6) is 0 Å². The predicted molar refractivity (Wildman–Crippen MR) is 70.4 cm³/mol. The van der Waals surface area contributed by atoms with E-state index in [1.807, 2.05) is 0 Å². The zero-order valence-corrected chi connectivity index (χ0v) is 11.3. The maximum atomic E-state index is 9.71. The molecule has 3 heterocycles. The van der Waals surface area contributed by atoms with Crippen molar-refractivity contribution in [1.29, 1.82) is 0 Å². The molecule has 0 amide bonds. The number of hydrogen-bond acceptors (Lipinski definition) is 3. The van der Waals surface area contributed by atoms with E-state index in [9.17, 15) is 5.11 Å². The van der Waals surface area contributed by atoms with E-state index < -0.39 is 0 Å². The van der Waals surface area contributed by atoms with Crippen molar-refractivity contribution in [2.75, 3.05) is 6.54 Å². The van der Waals surface area contributed by atoms with Crippen molar-refractivity contribution in [1.82, 2.24) is 14.5 Å². The van der Waals surface area contributed by atoms with Gasteiger partial charge < -0.3 is 9.67 Å². The van der Waals surface area contributed by atoms with Gasteiger partial charge in [0.05, 0.1) is 17.8 Å². The minimum Gasteiger partial charge on any atom is -0.393 e. The van der Waals surface area contributed by atoms with E-state index in [0.29, 0.717) is 18.5 Å². The number of hydrogen-bond donors (Lipinski definition) is 1. The Hall–Kier alpha value is -0.870. The summed E-state index contributed by atoms with van der Waals surface area (Å²) in [5, 5.41) is 9.71. The fourth-order valence-corrected chi connectivity index (χ4v) is 3.32. The summed E-state index contributed by atoms with van der Waals surface area (Å²) in [7, 11) is 0. The lowest BCUT2D eigenvalue weighted by atomic mass is 10.1. The molecular formula is C14H23N3O. The van der Waals surface area contributed by atoms with Crippen LogP contribution < -0.4 is 0 Å². The second-order valence-electron chi connectivity index (χ2n) is 5.91. The lowest BCUT2D eigenvalue weighted by Gasteiger charge is -2.26. The van der Waals surface area contributed by atoms with Crippen molar-refractivity contribution in [3.8, 4) is 0 Å². The number of aliphatic hydroxyl groups excluding tert-OH is 1. The molecule has 2 aliphatic heterocycles. The first-order valence-electron chi connectivity index (χ1n) is 7.15. The van der Waals surface area contributed by atoms with Gasteiger partial charge in [-0.2, -0.15) is 0 Å². The van der Waals surface area contributed by atoms with Gasteiger partial charge in [-0.3, -0.25) is 4.90 Å². The van der Waals surface area contributed by atoms with Crippen LogP contribution in [0.15, 0.2) is 6.20 Å². The molecule has 2 aliphatic rings. The van der Waals surface area contributed by atoms with E-state index in [1.165, 1.54) is 25.1 Å². The molecule has 0 bridgehead atoms. The first-order valence-corrected chi connectivity index (χ1v) is 7.15. The van der Waals surface area contributed by atoms with Crippen LogP contribution in [0.25, 0.3) is 0 Å². The Morgan fingerprint density at radius 1 is 1.33 bits per heavy atom. The van der Waals surface area contributed by atoms with Crippen LogP contribution in [-0.2, 0) is 13.0 Å². The van der Waals surface area contributed by atoms with Crippen LogP contribution >= 0.6 is 0 Å². The normalized spacial score (nSPS) is 28.9. The largest absolute Gasteiger partial charge is 0.393 e. The van der Waals surface area contributed by atoms with Crippen molar-refractivity contribution in [2.45, 2.75) is 64.3 Å². The first kappa shape index (κ1) is 12.2. The number of imidazole rings is 1. The summed E-state index contributed by atoms with van der Waals surface area (Å²) in [4.78, 5) is 7.32. The third-order valence-corrected chi connectivity index (χ3v) is 4.30. The topological polar surface area (TPSA) is 41.3 Å². The summed E-state index contributed by atoms with van der Waals surface area (Å²) in [5.74, 6) is 1.07. The average molecular weight is 249 g/mol. The molecule has 1 aromatic rings. The highest BCUT2D eigenvalue weighted by molar-refractivity contribution is 5.13. The molecule has 0 saturated carbocycles. The fraction of sp³-hybridized carbons (Fsp3) is 0.786. The van der Waals surface area contributed by atoms with Crippen molar-refractivity contribution in [2.24, 2.45) is 0 Å². The third-order valence-electron chi connectivity index (χ3n) is 4.30. The van der Waals surface area contributed by atoms with Gasteiger partial charge >= 0.3 is 0 Å². The van der Waals surface area contributed by atoms with Crippen molar-refractivity contribution in [3.05, 3.63) is 17.7 Å². The molecule has 3 rings (SSSR count). The summed E-state index contributed by atoms with van der Waals surface area (Å²) < 4.78 is 2.24. The number of aliphatic hydroxyl groups is 1. The Labute approximate surface area is 109 Å². The summed E-state index contributed by atoms with van der Waals surface area (Å²) in [6, 6.07) is 1.07. The second-order valence-corrected chi connectivity index (χ2v) is 5.91. The minimum absolute atomic E-state index is 0.197. The summed E-state index contributed by atoms with van der Waals surface area (Å²) in [6.07, 6.45) is 6.09. The lowest BCUT2D eigenvalue weighted by Crippen LogP contribution is -2.30. The Balaban J connectivity index is 1.84. The highest BCUT2D eigenvalue weighted by Crippen LogP contribution is 2.33. The van der Waals surface area contributed by atoms with E-state index in [0.717, 1.165) is 18.8 Å². The third kappa shape index (κ3) is 2.08. The van der Waals surface area contributed by atoms with Gasteiger partial charge in [0, 0.05) is 25.2 Å². The van der Waals surface area contributed by atoms with E-state index in [-0.39, 0.29) is 6.10 Å². The van der Waals surface area contributed by atoms with Gasteiger partial charge in [-0.25, -0.2) is 4.98 Å². The summed E-state index contributed by atoms with van der Waals surface area (Å²) in [6.45, 7) is 6.63. The number of rotatable bonds is 2. The number of aromatic nitrogens is 2. The SMILES string of the molecule is CC(C)N1CCCC1c1cn2c(n1)CC(O)CC2. The average Bonchev–Trinajstić information content (AvgIpc) is 2.93. The maximum absolute atomic E-state index is 9.71. The number of nitrogens with zero attached hydrogens (tertiary/aromatic N) is 3. The van der Waals surface area contributed by atoms with E-state index in [2.05, 4.69) is 29.5 Å². The first-order chi connectivity index (χ1) is 8.65. The Kier molecular flexibility index (Phi) is 3.16. The Morgan fingerprint density at radius 3 is 2.94 bits per heavy atom. The molecule has 100 valence electrons. The second kappa shape index (κ2) is 4.67. The highest BCUT2D eigenvalue weighted by Gasteiger charge is 2.31. The van der Waals surface area contributed by atoms with Crippen molar-refractivity contribution < 1.29 is 5.11 Å². The predicted octanol–water partition coefficient (Wildman–Crippen LogP) is 1.74. The van der Waals surface area contributed by atoms with Gasteiger partial charge in [0.25, 0.3) is 0 Å². The Bertz CT molecular complexity index is 427. The highest BCUT2D eigenvalue weighted by atomic mass is 16.3. The number of aryl methyl sites for hydroxylation is 1. The molecule has 0 radical (unpaired) electrons. The lowest BCUT2D eigenvalue weighted by molar-refractivity contribution is 0.141. The zero-order chi connectivity index (χ0) is 12.7. The molecule has 18 heavy (non-hydrogen) atoms. The van der Waals surface area contributed by atoms with Crippen LogP contribution in [0.3, 0.4) is 0 Å². The molecule has 2 atom stereocenters. The maximum Gasteiger partial charge on any atom is 0.111 e. The van der Waals surface area contributed by atoms with Gasteiger partial charge in [-0.1, -0.05) is 0 Å². The Morgan fingerprint density at radius 2 is 2.17 bits per heavy atom.